The molecule has 2 aliphatic rings. The minimum absolute atomic E-state index is 0.0329. The highest BCUT2D eigenvalue weighted by Gasteiger charge is 2.41. The normalized spacial score (nSPS) is 21.1. The molecule has 1 unspecified atom stereocenters. The molecular weight excluding hydrogens is 370 g/mol. The fraction of sp³-hybridized carbons (Fsp3) is 0.500. The third-order valence-corrected chi connectivity index (χ3v) is 5.99. The Morgan fingerprint density at radius 3 is 2.69 bits per heavy atom. The lowest BCUT2D eigenvalue weighted by atomic mass is 9.79. The molecule has 2 fully saturated rings. The van der Waals surface area contributed by atoms with Crippen LogP contribution in [0.5, 0.6) is 0 Å². The van der Waals surface area contributed by atoms with Gasteiger partial charge in [0.05, 0.1) is 5.60 Å². The van der Waals surface area contributed by atoms with Gasteiger partial charge in [-0.15, -0.1) is 0 Å². The number of hydrogen-bond acceptors (Lipinski definition) is 5. The molecule has 2 amide bonds. The first kappa shape index (κ1) is 19.6. The molecule has 3 heterocycles. The Morgan fingerprint density at radius 1 is 1.24 bits per heavy atom. The zero-order valence-corrected chi connectivity index (χ0v) is 16.7. The first-order chi connectivity index (χ1) is 14.0. The molecule has 0 saturated carbocycles. The van der Waals surface area contributed by atoms with Crippen molar-refractivity contribution in [2.45, 2.75) is 38.2 Å². The second-order valence-corrected chi connectivity index (χ2v) is 8.08. The molecule has 0 aliphatic carbocycles. The summed E-state index contributed by atoms with van der Waals surface area (Å²) in [6.07, 6.45) is 3.46. The second kappa shape index (κ2) is 8.37. The van der Waals surface area contributed by atoms with Gasteiger partial charge in [-0.05, 0) is 50.7 Å². The Kier molecular flexibility index (Phi) is 5.67. The summed E-state index contributed by atoms with van der Waals surface area (Å²) in [6, 6.07) is 11.0. The van der Waals surface area contributed by atoms with Crippen LogP contribution in [-0.2, 0) is 4.74 Å². The Hall–Kier alpha value is -2.67. The number of ether oxygens (including phenoxy) is 1. The van der Waals surface area contributed by atoms with E-state index in [-0.39, 0.29) is 17.4 Å². The molecule has 1 atom stereocenters. The number of piperidine rings is 1. The van der Waals surface area contributed by atoms with Crippen LogP contribution in [0, 0.1) is 12.8 Å². The van der Waals surface area contributed by atoms with Crippen LogP contribution in [0.25, 0.3) is 0 Å². The molecule has 1 N–H and O–H groups in total. The Balaban J connectivity index is 1.29. The van der Waals surface area contributed by atoms with E-state index in [4.69, 9.17) is 9.26 Å². The van der Waals surface area contributed by atoms with Gasteiger partial charge >= 0.3 is 0 Å². The van der Waals surface area contributed by atoms with Gasteiger partial charge in [0.2, 0.25) is 0 Å². The SMILES string of the molecule is Cc1cc(C(=O)N2CCC3(CC2)CC(CNC(=O)c2ccccc2)CCO3)no1. The van der Waals surface area contributed by atoms with Crippen molar-refractivity contribution in [1.82, 2.24) is 15.4 Å². The van der Waals surface area contributed by atoms with E-state index in [1.54, 1.807) is 13.0 Å². The van der Waals surface area contributed by atoms with Gasteiger partial charge in [-0.3, -0.25) is 9.59 Å². The second-order valence-electron chi connectivity index (χ2n) is 8.08. The highest BCUT2D eigenvalue weighted by Crippen LogP contribution is 2.37. The molecule has 2 aromatic rings. The van der Waals surface area contributed by atoms with Crippen molar-refractivity contribution in [3.05, 3.63) is 53.4 Å². The average Bonchev–Trinajstić information content (AvgIpc) is 3.19. The van der Waals surface area contributed by atoms with Gasteiger partial charge < -0.3 is 19.5 Å². The lowest BCUT2D eigenvalue weighted by Gasteiger charge is -2.46. The van der Waals surface area contributed by atoms with Crippen molar-refractivity contribution < 1.29 is 18.8 Å². The van der Waals surface area contributed by atoms with Crippen molar-refractivity contribution in [2.75, 3.05) is 26.2 Å². The first-order valence-corrected chi connectivity index (χ1v) is 10.2. The maximum absolute atomic E-state index is 12.6. The number of rotatable bonds is 4. The lowest BCUT2D eigenvalue weighted by molar-refractivity contribution is -0.122. The number of benzene rings is 1. The van der Waals surface area contributed by atoms with Crippen molar-refractivity contribution in [3.8, 4) is 0 Å². The van der Waals surface area contributed by atoms with Crippen LogP contribution in [0.1, 0.15) is 52.3 Å². The number of nitrogens with zero attached hydrogens (tertiary/aromatic N) is 2. The van der Waals surface area contributed by atoms with Crippen LogP contribution in [0.3, 0.4) is 0 Å². The topological polar surface area (TPSA) is 84.7 Å². The zero-order chi connectivity index (χ0) is 20.3. The van der Waals surface area contributed by atoms with Gasteiger partial charge in [-0.1, -0.05) is 23.4 Å². The predicted octanol–water partition coefficient (Wildman–Crippen LogP) is 2.81. The number of nitrogens with one attached hydrogen (secondary N) is 1. The van der Waals surface area contributed by atoms with Crippen molar-refractivity contribution >= 4 is 11.8 Å². The Bertz CT molecular complexity index is 856. The maximum atomic E-state index is 12.6. The van der Waals surface area contributed by atoms with Gasteiger partial charge in [0.25, 0.3) is 11.8 Å². The molecule has 7 heteroatoms. The van der Waals surface area contributed by atoms with Gasteiger partial charge in [-0.2, -0.15) is 0 Å². The molecule has 1 aromatic carbocycles. The van der Waals surface area contributed by atoms with E-state index in [1.807, 2.05) is 35.2 Å². The van der Waals surface area contributed by atoms with Crippen LogP contribution in [0.15, 0.2) is 40.9 Å². The van der Waals surface area contributed by atoms with E-state index in [9.17, 15) is 9.59 Å². The molecule has 1 aromatic heterocycles. The van der Waals surface area contributed by atoms with Gasteiger partial charge in [0, 0.05) is 37.9 Å². The number of aromatic nitrogens is 1. The van der Waals surface area contributed by atoms with E-state index in [0.29, 0.717) is 49.2 Å². The van der Waals surface area contributed by atoms with Crippen LogP contribution in [0.4, 0.5) is 0 Å². The van der Waals surface area contributed by atoms with Gasteiger partial charge in [0.15, 0.2) is 5.69 Å². The Labute approximate surface area is 170 Å². The van der Waals surface area contributed by atoms with Crippen LogP contribution < -0.4 is 5.32 Å². The summed E-state index contributed by atoms with van der Waals surface area (Å²) in [4.78, 5) is 26.7. The lowest BCUT2D eigenvalue weighted by Crippen LogP contribution is -2.51. The monoisotopic (exact) mass is 397 g/mol. The highest BCUT2D eigenvalue weighted by atomic mass is 16.5. The quantitative estimate of drug-likeness (QED) is 0.858. The maximum Gasteiger partial charge on any atom is 0.276 e. The first-order valence-electron chi connectivity index (χ1n) is 10.2. The molecular formula is C22H27N3O4. The summed E-state index contributed by atoms with van der Waals surface area (Å²) in [5, 5.41) is 6.90. The summed E-state index contributed by atoms with van der Waals surface area (Å²) < 4.78 is 11.2. The molecule has 2 aliphatic heterocycles. The van der Waals surface area contributed by atoms with Crippen molar-refractivity contribution in [1.29, 1.82) is 0 Å². The number of likely N-dealkylation sites (tertiary alicyclic amines) is 1. The van der Waals surface area contributed by atoms with E-state index in [2.05, 4.69) is 10.5 Å². The van der Waals surface area contributed by atoms with E-state index in [0.717, 1.165) is 25.7 Å². The standard InChI is InChI=1S/C22H27N3O4/c1-16-13-19(24-29-16)21(27)25-10-8-22(9-11-25)14-17(7-12-28-22)15-23-20(26)18-5-3-2-4-6-18/h2-6,13,17H,7-12,14-15H2,1H3,(H,23,26). The molecule has 0 radical (unpaired) electrons. The minimum atomic E-state index is -0.198. The molecule has 2 saturated heterocycles. The number of aryl methyl sites for hydroxylation is 1. The largest absolute Gasteiger partial charge is 0.375 e. The van der Waals surface area contributed by atoms with Gasteiger partial charge in [0.1, 0.15) is 5.76 Å². The van der Waals surface area contributed by atoms with Crippen molar-refractivity contribution in [2.24, 2.45) is 5.92 Å². The highest BCUT2D eigenvalue weighted by molar-refractivity contribution is 5.94. The van der Waals surface area contributed by atoms with Crippen LogP contribution in [0.2, 0.25) is 0 Å². The van der Waals surface area contributed by atoms with E-state index >= 15 is 0 Å². The van der Waals surface area contributed by atoms with Gasteiger partial charge in [-0.25, -0.2) is 0 Å². The zero-order valence-electron chi connectivity index (χ0n) is 16.7. The summed E-state index contributed by atoms with van der Waals surface area (Å²) in [7, 11) is 0. The number of carbonyl (C=O) groups excluding carboxylic acids is 2. The summed E-state index contributed by atoms with van der Waals surface area (Å²) in [5.41, 5.74) is 0.852. The Morgan fingerprint density at radius 2 is 2.00 bits per heavy atom. The summed E-state index contributed by atoms with van der Waals surface area (Å²) in [6.45, 7) is 4.42. The molecule has 29 heavy (non-hydrogen) atoms. The predicted molar refractivity (Wildman–Crippen MR) is 107 cm³/mol. The minimum Gasteiger partial charge on any atom is -0.375 e. The summed E-state index contributed by atoms with van der Waals surface area (Å²) in [5.74, 6) is 0.906. The third kappa shape index (κ3) is 4.50. The fourth-order valence-corrected chi connectivity index (χ4v) is 4.33. The fourth-order valence-electron chi connectivity index (χ4n) is 4.33. The number of hydrogen-bond donors (Lipinski definition) is 1. The van der Waals surface area contributed by atoms with Crippen LogP contribution >= 0.6 is 0 Å². The smallest absolute Gasteiger partial charge is 0.276 e. The number of amides is 2. The number of carbonyl (C=O) groups is 2. The van der Waals surface area contributed by atoms with E-state index < -0.39 is 0 Å². The molecule has 154 valence electrons. The molecule has 4 rings (SSSR count). The van der Waals surface area contributed by atoms with Crippen molar-refractivity contribution in [3.63, 3.8) is 0 Å². The average molecular weight is 397 g/mol. The van der Waals surface area contributed by atoms with Crippen LogP contribution in [-0.4, -0.2) is 53.7 Å². The third-order valence-electron chi connectivity index (χ3n) is 5.99. The molecule has 0 bridgehead atoms. The van der Waals surface area contributed by atoms with E-state index in [1.165, 1.54) is 0 Å². The molecule has 7 nitrogen and oxygen atoms in total. The molecule has 1 spiro atoms. The summed E-state index contributed by atoms with van der Waals surface area (Å²) >= 11 is 0.